The Labute approximate surface area is 135 Å². The maximum atomic E-state index is 11.6. The summed E-state index contributed by atoms with van der Waals surface area (Å²) in [6.07, 6.45) is 2.28. The molecule has 0 N–H and O–H groups in total. The van der Waals surface area contributed by atoms with E-state index >= 15 is 0 Å². The van der Waals surface area contributed by atoms with Gasteiger partial charge in [-0.15, -0.1) is 0 Å². The third-order valence-corrected chi connectivity index (χ3v) is 3.61. The monoisotopic (exact) mass is 306 g/mol. The summed E-state index contributed by atoms with van der Waals surface area (Å²) in [5.74, 6) is 1.64. The van der Waals surface area contributed by atoms with Gasteiger partial charge in [0.25, 0.3) is 0 Å². The van der Waals surface area contributed by atoms with E-state index in [1.165, 1.54) is 0 Å². The van der Waals surface area contributed by atoms with E-state index in [2.05, 4.69) is 4.98 Å². The van der Waals surface area contributed by atoms with Gasteiger partial charge in [0, 0.05) is 17.4 Å². The van der Waals surface area contributed by atoms with Crippen molar-refractivity contribution in [1.29, 1.82) is 0 Å². The second kappa shape index (κ2) is 6.48. The van der Waals surface area contributed by atoms with Gasteiger partial charge >= 0.3 is 0 Å². The Balaban J connectivity index is 2.05. The van der Waals surface area contributed by atoms with Gasteiger partial charge in [0.05, 0.1) is 19.2 Å². The highest BCUT2D eigenvalue weighted by Gasteiger charge is 2.12. The number of methoxy groups -OCH3 is 1. The van der Waals surface area contributed by atoms with Crippen LogP contribution >= 0.6 is 0 Å². The minimum absolute atomic E-state index is 0.0917. The first-order chi connectivity index (χ1) is 11.2. The van der Waals surface area contributed by atoms with Crippen LogP contribution in [0.5, 0.6) is 5.75 Å². The molecule has 116 valence electrons. The first kappa shape index (κ1) is 15.0. The quantitative estimate of drug-likeness (QED) is 0.722. The smallest absolute Gasteiger partial charge is 0.137 e. The summed E-state index contributed by atoms with van der Waals surface area (Å²) in [6.45, 7) is 1.58. The number of ketones is 1. The Bertz CT molecular complexity index is 805. The second-order valence-electron chi connectivity index (χ2n) is 5.36. The van der Waals surface area contributed by atoms with E-state index < -0.39 is 0 Å². The molecule has 0 fully saturated rings. The van der Waals surface area contributed by atoms with Crippen LogP contribution in [0.2, 0.25) is 0 Å². The number of hydrogen-bond donors (Lipinski definition) is 0. The molecule has 0 aliphatic rings. The zero-order valence-corrected chi connectivity index (χ0v) is 13.2. The Hall–Kier alpha value is -2.88. The van der Waals surface area contributed by atoms with E-state index in [0.29, 0.717) is 6.42 Å². The van der Waals surface area contributed by atoms with E-state index in [1.54, 1.807) is 14.0 Å². The fourth-order valence-corrected chi connectivity index (χ4v) is 2.48. The van der Waals surface area contributed by atoms with E-state index in [1.807, 2.05) is 65.4 Å². The van der Waals surface area contributed by atoms with Gasteiger partial charge in [0.1, 0.15) is 17.4 Å². The molecule has 0 aliphatic heterocycles. The molecule has 0 saturated heterocycles. The van der Waals surface area contributed by atoms with Crippen LogP contribution in [-0.2, 0) is 11.2 Å². The summed E-state index contributed by atoms with van der Waals surface area (Å²) in [7, 11) is 1.64. The summed E-state index contributed by atoms with van der Waals surface area (Å²) in [4.78, 5) is 16.2. The summed E-state index contributed by atoms with van der Waals surface area (Å²) in [5, 5.41) is 0. The van der Waals surface area contributed by atoms with Crippen LogP contribution in [0.25, 0.3) is 16.9 Å². The van der Waals surface area contributed by atoms with Crippen molar-refractivity contribution < 1.29 is 9.53 Å². The number of aromatic nitrogens is 2. The Morgan fingerprint density at radius 3 is 2.39 bits per heavy atom. The molecular weight excluding hydrogens is 288 g/mol. The van der Waals surface area contributed by atoms with Crippen molar-refractivity contribution in [1.82, 2.24) is 9.55 Å². The van der Waals surface area contributed by atoms with Crippen molar-refractivity contribution in [2.24, 2.45) is 0 Å². The average Bonchev–Trinajstić information content (AvgIpc) is 2.99. The lowest BCUT2D eigenvalue weighted by molar-refractivity contribution is -0.116. The predicted molar refractivity (Wildman–Crippen MR) is 89.9 cm³/mol. The highest BCUT2D eigenvalue weighted by molar-refractivity contribution is 5.78. The maximum absolute atomic E-state index is 11.6. The SMILES string of the molecule is COc1ccc(-c2cn(-c3ccccc3)c(CC(C)=O)n2)cc1. The van der Waals surface area contributed by atoms with Crippen LogP contribution in [0, 0.1) is 0 Å². The number of ether oxygens (including phenoxy) is 1. The minimum atomic E-state index is 0.0917. The van der Waals surface area contributed by atoms with Crippen LogP contribution in [0.1, 0.15) is 12.7 Å². The zero-order valence-electron chi connectivity index (χ0n) is 13.2. The van der Waals surface area contributed by atoms with Gasteiger partial charge in [-0.1, -0.05) is 18.2 Å². The molecule has 23 heavy (non-hydrogen) atoms. The summed E-state index contributed by atoms with van der Waals surface area (Å²) in [6, 6.07) is 17.7. The van der Waals surface area contributed by atoms with Gasteiger partial charge in [0.15, 0.2) is 0 Å². The Morgan fingerprint density at radius 1 is 1.09 bits per heavy atom. The van der Waals surface area contributed by atoms with Gasteiger partial charge < -0.3 is 9.30 Å². The van der Waals surface area contributed by atoms with E-state index in [0.717, 1.165) is 28.5 Å². The molecule has 0 unspecified atom stereocenters. The lowest BCUT2D eigenvalue weighted by Gasteiger charge is -2.05. The highest BCUT2D eigenvalue weighted by atomic mass is 16.5. The molecule has 0 saturated carbocycles. The standard InChI is InChI=1S/C19H18N2O2/c1-14(22)12-19-20-18(15-8-10-17(23-2)11-9-15)13-21(19)16-6-4-3-5-7-16/h3-11,13H,12H2,1-2H3. The van der Waals surface area contributed by atoms with Crippen molar-refractivity contribution in [3.8, 4) is 22.7 Å². The number of Topliss-reactive ketones (excluding diaryl/α,β-unsaturated/α-hetero) is 1. The fourth-order valence-electron chi connectivity index (χ4n) is 2.48. The van der Waals surface area contributed by atoms with Crippen LogP contribution in [-0.4, -0.2) is 22.4 Å². The van der Waals surface area contributed by atoms with Crippen molar-refractivity contribution in [2.75, 3.05) is 7.11 Å². The molecule has 1 aromatic heterocycles. The van der Waals surface area contributed by atoms with E-state index in [9.17, 15) is 4.79 Å². The van der Waals surface area contributed by atoms with E-state index in [-0.39, 0.29) is 5.78 Å². The first-order valence-corrected chi connectivity index (χ1v) is 7.45. The normalized spacial score (nSPS) is 10.5. The van der Waals surface area contributed by atoms with Gasteiger partial charge in [-0.05, 0) is 43.3 Å². The molecular formula is C19H18N2O2. The molecule has 3 aromatic rings. The topological polar surface area (TPSA) is 44.1 Å². The highest BCUT2D eigenvalue weighted by Crippen LogP contribution is 2.24. The summed E-state index contributed by atoms with van der Waals surface area (Å²) >= 11 is 0. The molecule has 0 atom stereocenters. The Morgan fingerprint density at radius 2 is 1.78 bits per heavy atom. The lowest BCUT2D eigenvalue weighted by atomic mass is 10.1. The number of rotatable bonds is 5. The number of para-hydroxylation sites is 1. The van der Waals surface area contributed by atoms with Crippen molar-refractivity contribution in [3.63, 3.8) is 0 Å². The molecule has 2 aromatic carbocycles. The number of hydrogen-bond acceptors (Lipinski definition) is 3. The summed E-state index contributed by atoms with van der Waals surface area (Å²) < 4.78 is 7.16. The molecule has 4 nitrogen and oxygen atoms in total. The predicted octanol–water partition coefficient (Wildman–Crippen LogP) is 3.68. The van der Waals surface area contributed by atoms with Crippen molar-refractivity contribution >= 4 is 5.78 Å². The fraction of sp³-hybridized carbons (Fsp3) is 0.158. The van der Waals surface area contributed by atoms with E-state index in [4.69, 9.17) is 4.74 Å². The van der Waals surface area contributed by atoms with Gasteiger partial charge in [-0.2, -0.15) is 0 Å². The molecule has 0 radical (unpaired) electrons. The molecule has 0 bridgehead atoms. The number of nitrogens with zero attached hydrogens (tertiary/aromatic N) is 2. The molecule has 3 rings (SSSR count). The number of carbonyl (C=O) groups is 1. The lowest BCUT2D eigenvalue weighted by Crippen LogP contribution is -2.05. The first-order valence-electron chi connectivity index (χ1n) is 7.45. The van der Waals surface area contributed by atoms with Crippen LogP contribution in [0.3, 0.4) is 0 Å². The third-order valence-electron chi connectivity index (χ3n) is 3.61. The number of carbonyl (C=O) groups excluding carboxylic acids is 1. The van der Waals surface area contributed by atoms with Crippen LogP contribution < -0.4 is 4.74 Å². The molecule has 0 spiro atoms. The van der Waals surface area contributed by atoms with Gasteiger partial charge in [-0.3, -0.25) is 4.79 Å². The minimum Gasteiger partial charge on any atom is -0.497 e. The average molecular weight is 306 g/mol. The van der Waals surface area contributed by atoms with Crippen LogP contribution in [0.4, 0.5) is 0 Å². The molecule has 1 heterocycles. The van der Waals surface area contributed by atoms with Gasteiger partial charge in [0.2, 0.25) is 0 Å². The van der Waals surface area contributed by atoms with Crippen molar-refractivity contribution in [2.45, 2.75) is 13.3 Å². The second-order valence-corrected chi connectivity index (χ2v) is 5.36. The van der Waals surface area contributed by atoms with Gasteiger partial charge in [-0.25, -0.2) is 4.98 Å². The molecule has 4 heteroatoms. The number of benzene rings is 2. The summed E-state index contributed by atoms with van der Waals surface area (Å²) in [5.41, 5.74) is 2.83. The molecule has 0 aliphatic carbocycles. The number of imidazole rings is 1. The third kappa shape index (κ3) is 3.31. The molecule has 0 amide bonds. The Kier molecular flexibility index (Phi) is 4.24. The zero-order chi connectivity index (χ0) is 16.2. The maximum Gasteiger partial charge on any atom is 0.137 e. The van der Waals surface area contributed by atoms with Crippen molar-refractivity contribution in [3.05, 3.63) is 66.6 Å². The largest absolute Gasteiger partial charge is 0.497 e. The van der Waals surface area contributed by atoms with Crippen LogP contribution in [0.15, 0.2) is 60.8 Å².